The van der Waals surface area contributed by atoms with Gasteiger partial charge in [-0.2, -0.15) is 0 Å². The van der Waals surface area contributed by atoms with Gasteiger partial charge in [0, 0.05) is 46.0 Å². The molecule has 6 heterocycles. The number of aromatic nitrogens is 2. The van der Waals surface area contributed by atoms with Gasteiger partial charge >= 0.3 is 0 Å². The van der Waals surface area contributed by atoms with Gasteiger partial charge in [-0.15, -0.1) is 0 Å². The quantitative estimate of drug-likeness (QED) is 0.178. The summed E-state index contributed by atoms with van der Waals surface area (Å²) < 4.78 is 12.7. The molecule has 272 valence electrons. The molecule has 10 rings (SSSR count). The third-order valence-electron chi connectivity index (χ3n) is 11.1. The van der Waals surface area contributed by atoms with E-state index in [1.54, 1.807) is 0 Å². The molecule has 4 aromatic heterocycles. The highest BCUT2D eigenvalue weighted by Gasteiger charge is 2.39. The van der Waals surface area contributed by atoms with E-state index in [-0.39, 0.29) is 12.3 Å². The van der Waals surface area contributed by atoms with Crippen molar-refractivity contribution in [2.75, 3.05) is 19.6 Å². The molecule has 2 aliphatic heterocycles. The van der Waals surface area contributed by atoms with Crippen LogP contribution in [0.15, 0.2) is 118 Å². The van der Waals surface area contributed by atoms with Gasteiger partial charge in [0.15, 0.2) is 22.8 Å². The van der Waals surface area contributed by atoms with Crippen LogP contribution in [0.2, 0.25) is 0 Å². The van der Waals surface area contributed by atoms with E-state index in [0.29, 0.717) is 12.1 Å². The maximum absolute atomic E-state index is 6.36. The van der Waals surface area contributed by atoms with Crippen LogP contribution in [-0.4, -0.2) is 34.4 Å². The molecule has 0 bridgehead atoms. The lowest BCUT2D eigenvalue weighted by molar-refractivity contribution is 0.598. The lowest BCUT2D eigenvalue weighted by Gasteiger charge is -2.33. The van der Waals surface area contributed by atoms with Crippen LogP contribution in [0.5, 0.6) is 0 Å². The number of aryl methyl sites for hydroxylation is 2. The fraction of sp³-hybridized carbons (Fsp3) is 0.261. The third-order valence-corrected chi connectivity index (χ3v) is 11.1. The van der Waals surface area contributed by atoms with Gasteiger partial charge < -0.3 is 28.4 Å². The summed E-state index contributed by atoms with van der Waals surface area (Å²) in [6, 6.07) is 34.3. The van der Waals surface area contributed by atoms with E-state index in [1.165, 1.54) is 16.8 Å². The fourth-order valence-corrected chi connectivity index (χ4v) is 8.89. The summed E-state index contributed by atoms with van der Waals surface area (Å²) in [6.07, 6.45) is 4.06. The van der Waals surface area contributed by atoms with Crippen molar-refractivity contribution in [2.45, 2.75) is 79.8 Å². The summed E-state index contributed by atoms with van der Waals surface area (Å²) in [6.45, 7) is 17.7. The number of pyridine rings is 2. The molecule has 0 fully saturated rings. The van der Waals surface area contributed by atoms with E-state index in [1.807, 2.05) is 48.8 Å². The van der Waals surface area contributed by atoms with Crippen molar-refractivity contribution >= 4 is 78.3 Å². The Morgan fingerprint density at radius 3 is 1.54 bits per heavy atom. The number of hydrogen-bond donors (Lipinski definition) is 0. The van der Waals surface area contributed by atoms with E-state index in [0.717, 1.165) is 72.6 Å². The highest BCUT2D eigenvalue weighted by atomic mass is 16.3. The summed E-state index contributed by atoms with van der Waals surface area (Å²) in [7, 11) is 0. The summed E-state index contributed by atoms with van der Waals surface area (Å²) in [5.41, 5.74) is 10.7. The van der Waals surface area contributed by atoms with Gasteiger partial charge in [-0.05, 0) is 103 Å². The fourth-order valence-electron chi connectivity index (χ4n) is 8.89. The number of hydrogen-bond acceptors (Lipinski definition) is 8. The molecule has 8 nitrogen and oxygen atoms in total. The maximum Gasteiger partial charge on any atom is 0.159 e. The second-order valence-corrected chi connectivity index (χ2v) is 15.1. The molecule has 0 radical (unpaired) electrons. The molecule has 2 unspecified atom stereocenters. The highest BCUT2D eigenvalue weighted by molar-refractivity contribution is 6.12. The van der Waals surface area contributed by atoms with Crippen LogP contribution >= 0.6 is 0 Å². The van der Waals surface area contributed by atoms with Crippen molar-refractivity contribution in [1.82, 2.24) is 9.97 Å². The zero-order valence-electron chi connectivity index (χ0n) is 32.2. The van der Waals surface area contributed by atoms with Crippen LogP contribution in [0.1, 0.15) is 52.7 Å². The largest absolute Gasteiger partial charge is 0.454 e. The number of para-hydroxylation sites is 2. The molecule has 0 N–H and O–H groups in total. The number of nitrogens with zero attached hydrogens (tertiary/aromatic N) is 6. The van der Waals surface area contributed by atoms with Crippen LogP contribution < -0.4 is 19.6 Å². The van der Waals surface area contributed by atoms with Crippen LogP contribution in [0.3, 0.4) is 0 Å². The lowest BCUT2D eigenvalue weighted by Crippen LogP contribution is -2.42. The molecule has 8 heteroatoms. The lowest BCUT2D eigenvalue weighted by atomic mass is 10.1. The molecular formula is C46H46N6O2. The number of rotatable bonds is 4. The maximum atomic E-state index is 6.36. The SMILES string of the molecule is Cc1ccc2c(oc3ccccc32)c1N1c2cccnc2N(C(C)C)C1C.Cc1ccc2c(oc3ccccc32)c1N1c2ncccc2N(C(C)C)C1C. The average Bonchev–Trinajstić information content (AvgIpc) is 3.89. The summed E-state index contributed by atoms with van der Waals surface area (Å²) in [4.78, 5) is 18.9. The molecule has 0 saturated carbocycles. The minimum absolute atomic E-state index is 0.160. The Hall–Kier alpha value is -6.02. The molecule has 54 heavy (non-hydrogen) atoms. The first-order valence-corrected chi connectivity index (χ1v) is 19.0. The molecule has 4 aromatic carbocycles. The first-order chi connectivity index (χ1) is 26.2. The van der Waals surface area contributed by atoms with Crippen molar-refractivity contribution in [3.8, 4) is 0 Å². The summed E-state index contributed by atoms with van der Waals surface area (Å²) >= 11 is 0. The first kappa shape index (κ1) is 33.8. The standard InChI is InChI=1S/2C23H23N3O/c1-14(2)25-16(4)26(19-9-7-13-24-23(19)25)21-15(3)11-12-18-17-8-5-6-10-20(17)27-22(18)21;1-14(2)25-16(4)26(23-19(25)9-7-13-24-23)21-15(3)11-12-18-17-8-5-6-10-20(17)27-22(18)21/h2*5-14,16H,1-4H3. The Labute approximate surface area is 316 Å². The molecule has 2 aliphatic rings. The van der Waals surface area contributed by atoms with Gasteiger partial charge in [0.1, 0.15) is 23.5 Å². The van der Waals surface area contributed by atoms with Crippen molar-refractivity contribution in [3.63, 3.8) is 0 Å². The van der Waals surface area contributed by atoms with Gasteiger partial charge in [0.05, 0.1) is 22.7 Å². The van der Waals surface area contributed by atoms with E-state index in [2.05, 4.69) is 136 Å². The van der Waals surface area contributed by atoms with E-state index < -0.39 is 0 Å². The van der Waals surface area contributed by atoms with Gasteiger partial charge in [0.25, 0.3) is 0 Å². The minimum Gasteiger partial charge on any atom is -0.454 e. The predicted molar refractivity (Wildman–Crippen MR) is 224 cm³/mol. The molecule has 0 spiro atoms. The van der Waals surface area contributed by atoms with Crippen molar-refractivity contribution in [2.24, 2.45) is 0 Å². The van der Waals surface area contributed by atoms with Gasteiger partial charge in [-0.25, -0.2) is 9.97 Å². The van der Waals surface area contributed by atoms with Gasteiger partial charge in [-0.3, -0.25) is 0 Å². The first-order valence-electron chi connectivity index (χ1n) is 19.0. The van der Waals surface area contributed by atoms with Crippen molar-refractivity contribution in [1.29, 1.82) is 0 Å². The third kappa shape index (κ3) is 5.03. The average molecular weight is 715 g/mol. The summed E-state index contributed by atoms with van der Waals surface area (Å²) in [5, 5.41) is 4.63. The molecule has 0 amide bonds. The number of anilines is 6. The zero-order valence-corrected chi connectivity index (χ0v) is 32.2. The van der Waals surface area contributed by atoms with Gasteiger partial charge in [0.2, 0.25) is 0 Å². The smallest absolute Gasteiger partial charge is 0.159 e. The normalized spacial score (nSPS) is 16.7. The molecule has 0 aliphatic carbocycles. The topological polar surface area (TPSA) is 65.0 Å². The number of fused-ring (bicyclic) bond motifs is 8. The van der Waals surface area contributed by atoms with Crippen LogP contribution in [0.25, 0.3) is 43.9 Å². The van der Waals surface area contributed by atoms with Crippen LogP contribution in [0.4, 0.5) is 34.4 Å². The molecule has 2 atom stereocenters. The molecule has 0 saturated heterocycles. The number of benzene rings is 4. The van der Waals surface area contributed by atoms with E-state index in [9.17, 15) is 0 Å². The highest BCUT2D eigenvalue weighted by Crippen LogP contribution is 2.49. The Morgan fingerprint density at radius 1 is 0.500 bits per heavy atom. The second-order valence-electron chi connectivity index (χ2n) is 15.1. The predicted octanol–water partition coefficient (Wildman–Crippen LogP) is 12.0. The molecular weight excluding hydrogens is 669 g/mol. The second kappa shape index (κ2) is 12.8. The Bertz CT molecular complexity index is 2510. The Kier molecular flexibility index (Phi) is 8.03. The number of furan rings is 2. The molecule has 8 aromatic rings. The Morgan fingerprint density at radius 2 is 0.981 bits per heavy atom. The van der Waals surface area contributed by atoms with Gasteiger partial charge in [-0.1, -0.05) is 60.7 Å². The van der Waals surface area contributed by atoms with E-state index >= 15 is 0 Å². The van der Waals surface area contributed by atoms with E-state index in [4.69, 9.17) is 18.8 Å². The monoisotopic (exact) mass is 714 g/mol. The van der Waals surface area contributed by atoms with Crippen LogP contribution in [-0.2, 0) is 0 Å². The minimum atomic E-state index is 0.160. The van der Waals surface area contributed by atoms with Crippen molar-refractivity contribution in [3.05, 3.63) is 121 Å². The zero-order chi connectivity index (χ0) is 37.4. The summed E-state index contributed by atoms with van der Waals surface area (Å²) in [5.74, 6) is 2.03. The Balaban J connectivity index is 0.000000142. The van der Waals surface area contributed by atoms with Crippen LogP contribution in [0, 0.1) is 13.8 Å². The van der Waals surface area contributed by atoms with Crippen molar-refractivity contribution < 1.29 is 8.83 Å².